The summed E-state index contributed by atoms with van der Waals surface area (Å²) in [5.41, 5.74) is 0.993. The van der Waals surface area contributed by atoms with Crippen LogP contribution < -0.4 is 4.74 Å². The average Bonchev–Trinajstić information content (AvgIpc) is 2.62. The summed E-state index contributed by atoms with van der Waals surface area (Å²) in [6, 6.07) is 10.0. The van der Waals surface area contributed by atoms with Crippen LogP contribution in [0.2, 0.25) is 10.0 Å². The Labute approximate surface area is 169 Å². The van der Waals surface area contributed by atoms with E-state index in [1.807, 2.05) is 0 Å². The zero-order chi connectivity index (χ0) is 20.5. The Morgan fingerprint density at radius 1 is 1.14 bits per heavy atom. The first-order valence-corrected chi connectivity index (χ1v) is 9.14. The lowest BCUT2D eigenvalue weighted by atomic mass is 9.97. The molecule has 2 aromatic carbocycles. The summed E-state index contributed by atoms with van der Waals surface area (Å²) < 4.78 is 50.2. The number of carbonyl (C=O) groups excluding carboxylic acids is 1. The van der Waals surface area contributed by atoms with Gasteiger partial charge >= 0.3 is 12.1 Å². The summed E-state index contributed by atoms with van der Waals surface area (Å²) in [5.74, 6) is -1.09. The van der Waals surface area contributed by atoms with Crippen molar-refractivity contribution in [3.05, 3.63) is 68.7 Å². The normalized spacial score (nSPS) is 16.1. The predicted molar refractivity (Wildman–Crippen MR) is 101 cm³/mol. The molecule has 0 fully saturated rings. The maximum atomic E-state index is 13.4. The van der Waals surface area contributed by atoms with Crippen molar-refractivity contribution in [1.29, 1.82) is 0 Å². The highest BCUT2D eigenvalue weighted by Crippen LogP contribution is 2.40. The minimum atomic E-state index is -4.78. The molecule has 1 heterocycles. The lowest BCUT2D eigenvalue weighted by Gasteiger charge is -2.28. The van der Waals surface area contributed by atoms with Gasteiger partial charge in [-0.1, -0.05) is 41.4 Å². The molecule has 1 aliphatic rings. The highest BCUT2D eigenvalue weighted by molar-refractivity contribution is 6.32. The van der Waals surface area contributed by atoms with Gasteiger partial charge in [0.2, 0.25) is 6.10 Å². The van der Waals surface area contributed by atoms with E-state index in [0.29, 0.717) is 22.0 Å². The van der Waals surface area contributed by atoms with Gasteiger partial charge in [-0.2, -0.15) is 13.2 Å². The molecule has 0 N–H and O–H groups in total. The molecule has 0 bridgehead atoms. The second kappa shape index (κ2) is 8.05. The first kappa shape index (κ1) is 20.6. The van der Waals surface area contributed by atoms with Gasteiger partial charge < -0.3 is 9.47 Å². The Hall–Kier alpha value is -2.18. The molecule has 0 spiro atoms. The topological polar surface area (TPSA) is 35.5 Å². The third-order valence-corrected chi connectivity index (χ3v) is 4.88. The molecule has 0 saturated carbocycles. The Bertz CT molecular complexity index is 939. The Balaban J connectivity index is 2.02. The summed E-state index contributed by atoms with van der Waals surface area (Å²) in [6.45, 7) is 1.46. The molecule has 0 aliphatic carbocycles. The number of alkyl halides is 3. The fourth-order valence-electron chi connectivity index (χ4n) is 2.87. The van der Waals surface area contributed by atoms with Crippen LogP contribution in [0.4, 0.5) is 13.2 Å². The van der Waals surface area contributed by atoms with Crippen molar-refractivity contribution in [1.82, 2.24) is 0 Å². The Morgan fingerprint density at radius 3 is 2.50 bits per heavy atom. The van der Waals surface area contributed by atoms with E-state index < -0.39 is 23.8 Å². The van der Waals surface area contributed by atoms with E-state index in [0.717, 1.165) is 11.6 Å². The summed E-state index contributed by atoms with van der Waals surface area (Å²) in [6.07, 6.45) is -5.76. The molecular formula is C20H15Cl2F3O3. The minimum absolute atomic E-state index is 0.0122. The third kappa shape index (κ3) is 4.28. The fourth-order valence-corrected chi connectivity index (χ4v) is 3.31. The number of halogens is 5. The van der Waals surface area contributed by atoms with Crippen molar-refractivity contribution in [3.63, 3.8) is 0 Å². The minimum Gasteiger partial charge on any atom is -0.475 e. The van der Waals surface area contributed by atoms with Crippen LogP contribution in [0.1, 0.15) is 23.6 Å². The monoisotopic (exact) mass is 430 g/mol. The van der Waals surface area contributed by atoms with E-state index in [9.17, 15) is 18.0 Å². The van der Waals surface area contributed by atoms with Crippen molar-refractivity contribution in [3.8, 4) is 5.75 Å². The molecule has 1 atom stereocenters. The lowest BCUT2D eigenvalue weighted by Crippen LogP contribution is -2.40. The highest BCUT2D eigenvalue weighted by Gasteiger charge is 2.48. The summed E-state index contributed by atoms with van der Waals surface area (Å²) >= 11 is 12.5. The number of esters is 1. The molecule has 3 rings (SSSR count). The van der Waals surface area contributed by atoms with E-state index in [1.54, 1.807) is 24.3 Å². The second-order valence-electron chi connectivity index (χ2n) is 6.11. The van der Waals surface area contributed by atoms with E-state index in [-0.39, 0.29) is 17.9 Å². The van der Waals surface area contributed by atoms with Gasteiger partial charge in [-0.3, -0.25) is 0 Å². The molecule has 2 aromatic rings. The van der Waals surface area contributed by atoms with Gasteiger partial charge in [0.05, 0.1) is 12.2 Å². The van der Waals surface area contributed by atoms with Gasteiger partial charge in [0, 0.05) is 22.0 Å². The van der Waals surface area contributed by atoms with Crippen molar-refractivity contribution in [2.75, 3.05) is 6.61 Å². The zero-order valence-corrected chi connectivity index (χ0v) is 16.2. The molecule has 0 amide bonds. The van der Waals surface area contributed by atoms with Crippen LogP contribution in [0, 0.1) is 0 Å². The summed E-state index contributed by atoms with van der Waals surface area (Å²) in [5, 5.41) is 0.849. The van der Waals surface area contributed by atoms with Crippen LogP contribution in [-0.4, -0.2) is 24.9 Å². The molecular weight excluding hydrogens is 416 g/mol. The quantitative estimate of drug-likeness (QED) is 0.570. The molecule has 3 nitrogen and oxygen atoms in total. The van der Waals surface area contributed by atoms with Crippen molar-refractivity contribution >= 4 is 35.2 Å². The molecule has 0 saturated heterocycles. The Morgan fingerprint density at radius 2 is 1.86 bits per heavy atom. The molecule has 1 unspecified atom stereocenters. The fraction of sp³-hybridized carbons (Fsp3) is 0.250. The second-order valence-corrected chi connectivity index (χ2v) is 6.92. The van der Waals surface area contributed by atoms with Crippen LogP contribution in [0.15, 0.2) is 42.0 Å². The van der Waals surface area contributed by atoms with E-state index in [2.05, 4.69) is 0 Å². The average molecular weight is 431 g/mol. The van der Waals surface area contributed by atoms with Gasteiger partial charge in [-0.15, -0.1) is 0 Å². The number of rotatable bonds is 4. The van der Waals surface area contributed by atoms with Crippen molar-refractivity contribution in [2.24, 2.45) is 0 Å². The molecule has 0 aromatic heterocycles. The van der Waals surface area contributed by atoms with Crippen molar-refractivity contribution < 1.29 is 27.4 Å². The van der Waals surface area contributed by atoms with E-state index >= 15 is 0 Å². The van der Waals surface area contributed by atoms with Crippen LogP contribution in [0.3, 0.4) is 0 Å². The van der Waals surface area contributed by atoms with Gasteiger partial charge in [0.15, 0.2) is 0 Å². The van der Waals surface area contributed by atoms with Gasteiger partial charge in [-0.25, -0.2) is 4.79 Å². The number of benzene rings is 2. The number of ether oxygens (including phenoxy) is 2. The standard InChI is InChI=1S/C20H15Cl2F3O3/c1-2-27-19(26)14-8-13-9-16(22)12(7-11-5-3-4-6-15(11)21)10-17(13)28-18(14)20(23,24)25/h3-6,8-10,18H,2,7H2,1H3. The maximum absolute atomic E-state index is 13.4. The van der Waals surface area contributed by atoms with E-state index in [1.165, 1.54) is 19.1 Å². The smallest absolute Gasteiger partial charge is 0.430 e. The van der Waals surface area contributed by atoms with Crippen LogP contribution in [0.5, 0.6) is 5.75 Å². The molecule has 148 valence electrons. The number of hydrogen-bond acceptors (Lipinski definition) is 3. The molecule has 0 radical (unpaired) electrons. The lowest BCUT2D eigenvalue weighted by molar-refractivity contribution is -0.187. The molecule has 1 aliphatic heterocycles. The number of hydrogen-bond donors (Lipinski definition) is 0. The molecule has 8 heteroatoms. The van der Waals surface area contributed by atoms with Gasteiger partial charge in [0.1, 0.15) is 5.75 Å². The largest absolute Gasteiger partial charge is 0.475 e. The summed E-state index contributed by atoms with van der Waals surface area (Å²) in [4.78, 5) is 12.0. The predicted octanol–water partition coefficient (Wildman–Crippen LogP) is 5.85. The molecule has 28 heavy (non-hydrogen) atoms. The zero-order valence-electron chi connectivity index (χ0n) is 14.6. The van der Waals surface area contributed by atoms with Crippen LogP contribution in [0.25, 0.3) is 6.08 Å². The first-order valence-electron chi connectivity index (χ1n) is 8.38. The maximum Gasteiger partial charge on any atom is 0.430 e. The number of carbonyl (C=O) groups is 1. The van der Waals surface area contributed by atoms with Gasteiger partial charge in [0.25, 0.3) is 0 Å². The SMILES string of the molecule is CCOC(=O)C1=Cc2cc(Cl)c(Cc3ccccc3Cl)cc2OC1C(F)(F)F. The number of fused-ring (bicyclic) bond motifs is 1. The third-order valence-electron chi connectivity index (χ3n) is 4.16. The Kier molecular flexibility index (Phi) is 5.91. The van der Waals surface area contributed by atoms with Crippen molar-refractivity contribution in [2.45, 2.75) is 25.6 Å². The van der Waals surface area contributed by atoms with Gasteiger partial charge in [-0.05, 0) is 42.3 Å². The first-order chi connectivity index (χ1) is 13.2. The summed E-state index contributed by atoms with van der Waals surface area (Å²) in [7, 11) is 0. The van der Waals surface area contributed by atoms with Crippen LogP contribution >= 0.6 is 23.2 Å². The highest BCUT2D eigenvalue weighted by atomic mass is 35.5. The van der Waals surface area contributed by atoms with Crippen LogP contribution in [-0.2, 0) is 16.0 Å². The van der Waals surface area contributed by atoms with E-state index in [4.69, 9.17) is 32.7 Å².